The summed E-state index contributed by atoms with van der Waals surface area (Å²) in [6, 6.07) is 8.24. The van der Waals surface area contributed by atoms with E-state index in [9.17, 15) is 24.9 Å². The van der Waals surface area contributed by atoms with E-state index in [1.165, 1.54) is 0 Å². The van der Waals surface area contributed by atoms with Gasteiger partial charge >= 0.3 is 11.9 Å². The molecule has 1 saturated carbocycles. The molecule has 0 heterocycles. The fraction of sp³-hybridized carbons (Fsp3) is 0.536. The van der Waals surface area contributed by atoms with Gasteiger partial charge in [-0.05, 0) is 50.2 Å². The number of para-hydroxylation sites is 1. The van der Waals surface area contributed by atoms with Gasteiger partial charge in [-0.2, -0.15) is 0 Å². The van der Waals surface area contributed by atoms with Crippen LogP contribution in [0, 0.1) is 11.8 Å². The van der Waals surface area contributed by atoms with Crippen molar-refractivity contribution in [1.29, 1.82) is 0 Å². The van der Waals surface area contributed by atoms with Crippen LogP contribution < -0.4 is 21.9 Å². The number of guanidine groups is 1. The monoisotopic (exact) mass is 546 g/mol. The van der Waals surface area contributed by atoms with E-state index in [0.717, 1.165) is 0 Å². The van der Waals surface area contributed by atoms with E-state index in [-0.39, 0.29) is 37.2 Å². The highest BCUT2D eigenvalue weighted by atomic mass is 16.6. The lowest BCUT2D eigenvalue weighted by atomic mass is 9.89. The van der Waals surface area contributed by atoms with Crippen molar-refractivity contribution in [3.63, 3.8) is 0 Å². The number of nitrogens with zero attached hydrogens (tertiary/aromatic N) is 1. The summed E-state index contributed by atoms with van der Waals surface area (Å²) in [5.74, 6) is -1.30. The minimum absolute atomic E-state index is 0.0374. The van der Waals surface area contributed by atoms with Crippen molar-refractivity contribution in [2.75, 3.05) is 13.2 Å². The number of allylic oxidation sites excluding steroid dienone is 2. The topological polar surface area (TPSA) is 204 Å². The quantitative estimate of drug-likeness (QED) is 0.0432. The molecule has 1 fully saturated rings. The first-order valence-electron chi connectivity index (χ1n) is 13.3. The fourth-order valence-electron chi connectivity index (χ4n) is 4.33. The molecule has 9 N–H and O–H groups in total. The molecule has 0 saturated heterocycles. The molecule has 1 aromatic rings. The molecule has 39 heavy (non-hydrogen) atoms. The maximum Gasteiger partial charge on any atom is 0.330 e. The standard InChI is InChI=1S/C28H42N4O7/c29-23(12-8-16-32-28(30)31)27(37)39-26(36)13-7-2-1-6-11-21-22(25(35)17-24(21)34)15-14-19(33)18-38-20-9-4-3-5-10-20/h1,3-6,9-10,14-15,19,21-25,33-35H,2,7-8,11-13,16-18,29H2,(H4,30,31,32)/b6-1-,15-14+/t19-,21-,22-,23+,24+,25-/m1/s1. The van der Waals surface area contributed by atoms with Gasteiger partial charge in [0.25, 0.3) is 0 Å². The van der Waals surface area contributed by atoms with Gasteiger partial charge in [-0.3, -0.25) is 9.79 Å². The van der Waals surface area contributed by atoms with Crippen molar-refractivity contribution in [3.8, 4) is 5.75 Å². The summed E-state index contributed by atoms with van der Waals surface area (Å²) in [5, 5.41) is 31.0. The number of benzene rings is 1. The number of nitrogens with two attached hydrogens (primary N) is 3. The number of carbonyl (C=O) groups is 2. The van der Waals surface area contributed by atoms with Crippen LogP contribution in [0.25, 0.3) is 0 Å². The molecular formula is C28H42N4O7. The number of rotatable bonds is 16. The predicted molar refractivity (Wildman–Crippen MR) is 147 cm³/mol. The van der Waals surface area contributed by atoms with Gasteiger partial charge in [0.1, 0.15) is 24.5 Å². The summed E-state index contributed by atoms with van der Waals surface area (Å²) in [6.07, 6.45) is 7.62. The number of hydrogen-bond acceptors (Lipinski definition) is 9. The third-order valence-electron chi connectivity index (χ3n) is 6.45. The molecule has 0 bridgehead atoms. The first-order chi connectivity index (χ1) is 18.7. The Bertz CT molecular complexity index is 966. The predicted octanol–water partition coefficient (Wildman–Crippen LogP) is 0.908. The highest BCUT2D eigenvalue weighted by Gasteiger charge is 2.39. The first kappa shape index (κ1) is 32.0. The maximum absolute atomic E-state index is 11.9. The molecule has 0 radical (unpaired) electrons. The average molecular weight is 547 g/mol. The Morgan fingerprint density at radius 2 is 1.85 bits per heavy atom. The first-order valence-corrected chi connectivity index (χ1v) is 13.3. The number of hydrogen-bond donors (Lipinski definition) is 6. The van der Waals surface area contributed by atoms with Gasteiger partial charge in [0.05, 0.1) is 12.2 Å². The maximum atomic E-state index is 11.9. The van der Waals surface area contributed by atoms with Gasteiger partial charge in [0, 0.05) is 25.3 Å². The minimum Gasteiger partial charge on any atom is -0.491 e. The highest BCUT2D eigenvalue weighted by Crippen LogP contribution is 2.36. The Morgan fingerprint density at radius 1 is 1.10 bits per heavy atom. The zero-order valence-electron chi connectivity index (χ0n) is 22.2. The number of ether oxygens (including phenoxy) is 2. The van der Waals surface area contributed by atoms with Crippen LogP contribution in [0.15, 0.2) is 59.6 Å². The molecule has 11 nitrogen and oxygen atoms in total. The van der Waals surface area contributed by atoms with Crippen molar-refractivity contribution in [2.24, 2.45) is 34.0 Å². The summed E-state index contributed by atoms with van der Waals surface area (Å²) in [5.41, 5.74) is 16.2. The number of esters is 2. The van der Waals surface area contributed by atoms with Gasteiger partial charge in [-0.1, -0.05) is 42.5 Å². The molecule has 0 aromatic heterocycles. The van der Waals surface area contributed by atoms with E-state index in [4.69, 9.17) is 26.7 Å². The number of carbonyl (C=O) groups excluding carboxylic acids is 2. The Hall–Kier alpha value is -3.25. The molecule has 0 aliphatic heterocycles. The van der Waals surface area contributed by atoms with Crippen LogP contribution in [0.4, 0.5) is 0 Å². The number of aliphatic hydroxyl groups excluding tert-OH is 3. The van der Waals surface area contributed by atoms with Gasteiger partial charge < -0.3 is 42.0 Å². The average Bonchev–Trinajstić information content (AvgIpc) is 3.17. The third kappa shape index (κ3) is 12.4. The van der Waals surface area contributed by atoms with E-state index in [1.54, 1.807) is 24.3 Å². The van der Waals surface area contributed by atoms with Crippen LogP contribution in [0.3, 0.4) is 0 Å². The molecule has 0 unspecified atom stereocenters. The van der Waals surface area contributed by atoms with Crippen molar-refractivity contribution >= 4 is 17.9 Å². The van der Waals surface area contributed by atoms with Gasteiger partial charge in [0.2, 0.25) is 0 Å². The number of aliphatic hydroxyl groups is 3. The zero-order valence-corrected chi connectivity index (χ0v) is 22.2. The molecule has 1 aliphatic carbocycles. The van der Waals surface area contributed by atoms with E-state index in [2.05, 4.69) is 4.99 Å². The van der Waals surface area contributed by atoms with Crippen LogP contribution in [-0.4, -0.2) is 70.7 Å². The Morgan fingerprint density at radius 3 is 2.56 bits per heavy atom. The second-order valence-electron chi connectivity index (χ2n) is 9.64. The van der Waals surface area contributed by atoms with Gasteiger partial charge in [0.15, 0.2) is 5.96 Å². The van der Waals surface area contributed by atoms with Crippen LogP contribution >= 0.6 is 0 Å². The number of aliphatic imine (C=N–C) groups is 1. The summed E-state index contributed by atoms with van der Waals surface area (Å²) < 4.78 is 10.3. The van der Waals surface area contributed by atoms with Crippen molar-refractivity contribution in [2.45, 2.75) is 69.3 Å². The van der Waals surface area contributed by atoms with Crippen molar-refractivity contribution < 1.29 is 34.4 Å². The smallest absolute Gasteiger partial charge is 0.330 e. The van der Waals surface area contributed by atoms with E-state index in [0.29, 0.717) is 44.4 Å². The zero-order chi connectivity index (χ0) is 28.6. The molecule has 216 valence electrons. The second-order valence-corrected chi connectivity index (χ2v) is 9.64. The van der Waals surface area contributed by atoms with Crippen LogP contribution in [0.5, 0.6) is 5.75 Å². The highest BCUT2D eigenvalue weighted by molar-refractivity contribution is 5.88. The van der Waals surface area contributed by atoms with Gasteiger partial charge in [-0.25, -0.2) is 4.79 Å². The Balaban J connectivity index is 1.68. The molecule has 0 spiro atoms. The normalized spacial score (nSPS) is 22.6. The SMILES string of the molecule is NC(N)=NCCC[C@H](N)C(=O)OC(=O)CCC/C=C\C[C@@H]1[C@@H](/C=C/[C@@H](O)COc2ccccc2)[C@H](O)C[C@@H]1O. The lowest BCUT2D eigenvalue weighted by Gasteiger charge is -2.19. The summed E-state index contributed by atoms with van der Waals surface area (Å²) >= 11 is 0. The third-order valence-corrected chi connectivity index (χ3v) is 6.45. The van der Waals surface area contributed by atoms with Gasteiger partial charge in [-0.15, -0.1) is 0 Å². The lowest BCUT2D eigenvalue weighted by Crippen LogP contribution is -2.34. The minimum atomic E-state index is -0.921. The molecule has 6 atom stereocenters. The molecule has 11 heteroatoms. The molecular weight excluding hydrogens is 504 g/mol. The van der Waals surface area contributed by atoms with Crippen LogP contribution in [-0.2, 0) is 14.3 Å². The molecule has 1 aromatic carbocycles. The fourth-order valence-corrected chi connectivity index (χ4v) is 4.33. The lowest BCUT2D eigenvalue weighted by molar-refractivity contribution is -0.160. The van der Waals surface area contributed by atoms with Crippen LogP contribution in [0.2, 0.25) is 0 Å². The summed E-state index contributed by atoms with van der Waals surface area (Å²) in [7, 11) is 0. The summed E-state index contributed by atoms with van der Waals surface area (Å²) in [6.45, 7) is 0.416. The largest absolute Gasteiger partial charge is 0.491 e. The Kier molecular flexibility index (Phi) is 14.2. The Labute approximate surface area is 229 Å². The van der Waals surface area contributed by atoms with E-state index in [1.807, 2.05) is 30.4 Å². The van der Waals surface area contributed by atoms with Crippen molar-refractivity contribution in [3.05, 3.63) is 54.6 Å². The number of unbranched alkanes of at least 4 members (excludes halogenated alkanes) is 1. The molecule has 0 amide bonds. The molecule has 2 rings (SSSR count). The second kappa shape index (κ2) is 17.4. The van der Waals surface area contributed by atoms with Crippen LogP contribution in [0.1, 0.15) is 44.9 Å². The van der Waals surface area contributed by atoms with Crippen molar-refractivity contribution in [1.82, 2.24) is 0 Å². The van der Waals surface area contributed by atoms with E-state index >= 15 is 0 Å². The van der Waals surface area contributed by atoms with E-state index < -0.39 is 36.3 Å². The summed E-state index contributed by atoms with van der Waals surface area (Å²) in [4.78, 5) is 27.6. The molecule has 1 aliphatic rings.